The van der Waals surface area contributed by atoms with Crippen LogP contribution in [0.5, 0.6) is 0 Å². The summed E-state index contributed by atoms with van der Waals surface area (Å²) in [6.07, 6.45) is 5.47. The Morgan fingerprint density at radius 3 is 2.50 bits per heavy atom. The van der Waals surface area contributed by atoms with Crippen molar-refractivity contribution in [1.82, 2.24) is 14.7 Å². The Balaban J connectivity index is 1.43. The molecule has 3 rings (SSSR count). The second-order valence-corrected chi connectivity index (χ2v) is 7.65. The third-order valence-corrected chi connectivity index (χ3v) is 5.66. The van der Waals surface area contributed by atoms with E-state index in [0.717, 1.165) is 39.1 Å². The minimum atomic E-state index is -0.0741. The van der Waals surface area contributed by atoms with Crippen LogP contribution < -0.4 is 0 Å². The molecule has 0 radical (unpaired) electrons. The van der Waals surface area contributed by atoms with Gasteiger partial charge in [-0.25, -0.2) is 0 Å². The highest BCUT2D eigenvalue weighted by atomic mass is 16.3. The molecule has 1 aromatic rings. The van der Waals surface area contributed by atoms with Crippen molar-refractivity contribution in [2.24, 2.45) is 0 Å². The van der Waals surface area contributed by atoms with Crippen molar-refractivity contribution < 1.29 is 9.90 Å². The summed E-state index contributed by atoms with van der Waals surface area (Å²) in [6.45, 7) is 6.69. The lowest BCUT2D eigenvalue weighted by Crippen LogP contribution is -2.56. The number of piperidine rings is 1. The van der Waals surface area contributed by atoms with Crippen LogP contribution in [0.2, 0.25) is 0 Å². The molecule has 1 aromatic carbocycles. The van der Waals surface area contributed by atoms with E-state index < -0.39 is 0 Å². The molecule has 1 N–H and O–H groups in total. The van der Waals surface area contributed by atoms with E-state index in [0.29, 0.717) is 6.42 Å². The molecule has 5 nitrogen and oxygen atoms in total. The highest BCUT2D eigenvalue weighted by Gasteiger charge is 2.29. The molecule has 2 aliphatic rings. The molecule has 0 spiro atoms. The van der Waals surface area contributed by atoms with Crippen LogP contribution in [0.15, 0.2) is 30.3 Å². The van der Waals surface area contributed by atoms with Gasteiger partial charge in [0.1, 0.15) is 0 Å². The first-order valence-electron chi connectivity index (χ1n) is 10.2. The number of aliphatic hydroxyl groups excluding tert-OH is 1. The molecule has 5 heteroatoms. The maximum absolute atomic E-state index is 12.7. The van der Waals surface area contributed by atoms with Gasteiger partial charge in [-0.05, 0) is 44.5 Å². The van der Waals surface area contributed by atoms with Crippen LogP contribution >= 0.6 is 0 Å². The largest absolute Gasteiger partial charge is 0.394 e. The van der Waals surface area contributed by atoms with E-state index >= 15 is 0 Å². The van der Waals surface area contributed by atoms with Gasteiger partial charge in [0.2, 0.25) is 5.91 Å². The summed E-state index contributed by atoms with van der Waals surface area (Å²) in [4.78, 5) is 19.4. The third-order valence-electron chi connectivity index (χ3n) is 5.66. The molecule has 0 aliphatic carbocycles. The number of piperazine rings is 1. The minimum absolute atomic E-state index is 0.0448. The highest BCUT2D eigenvalue weighted by Crippen LogP contribution is 2.16. The minimum Gasteiger partial charge on any atom is -0.394 e. The normalized spacial score (nSPS) is 22.5. The van der Waals surface area contributed by atoms with Gasteiger partial charge in [-0.2, -0.15) is 0 Å². The van der Waals surface area contributed by atoms with Gasteiger partial charge >= 0.3 is 0 Å². The van der Waals surface area contributed by atoms with E-state index in [1.54, 1.807) is 0 Å². The fraction of sp³-hybridized carbons (Fsp3) is 0.667. The summed E-state index contributed by atoms with van der Waals surface area (Å²) in [5, 5.41) is 9.79. The second kappa shape index (κ2) is 10.0. The molecule has 26 heavy (non-hydrogen) atoms. The number of nitrogens with zero attached hydrogens (tertiary/aromatic N) is 3. The van der Waals surface area contributed by atoms with Gasteiger partial charge in [0.25, 0.3) is 0 Å². The SMILES string of the molecule is O=C(CCCN1CCCCC1)N1CCN(Cc2ccccc2)CC1CO. The van der Waals surface area contributed by atoms with Crippen LogP contribution in [0, 0.1) is 0 Å². The number of aliphatic hydroxyl groups is 1. The standard InChI is InChI=1S/C21H33N3O2/c25-18-20-17-23(16-19-8-3-1-4-9-19)14-15-24(20)21(26)10-7-13-22-11-5-2-6-12-22/h1,3-4,8-9,20,25H,2,5-7,10-18H2. The fourth-order valence-electron chi connectivity index (χ4n) is 4.17. The van der Waals surface area contributed by atoms with E-state index in [4.69, 9.17) is 0 Å². The van der Waals surface area contributed by atoms with Crippen molar-refractivity contribution in [3.05, 3.63) is 35.9 Å². The van der Waals surface area contributed by atoms with Crippen LogP contribution in [0.4, 0.5) is 0 Å². The first kappa shape index (κ1) is 19.3. The molecule has 2 saturated heterocycles. The average molecular weight is 360 g/mol. The summed E-state index contributed by atoms with van der Waals surface area (Å²) >= 11 is 0. The summed E-state index contributed by atoms with van der Waals surface area (Å²) in [7, 11) is 0. The number of carbonyl (C=O) groups is 1. The molecule has 0 bridgehead atoms. The number of hydrogen-bond acceptors (Lipinski definition) is 4. The van der Waals surface area contributed by atoms with Crippen LogP contribution in [0.25, 0.3) is 0 Å². The van der Waals surface area contributed by atoms with Gasteiger partial charge < -0.3 is 14.9 Å². The molecule has 2 heterocycles. The Hall–Kier alpha value is -1.43. The Kier molecular flexibility index (Phi) is 7.47. The molecule has 0 aromatic heterocycles. The second-order valence-electron chi connectivity index (χ2n) is 7.65. The zero-order chi connectivity index (χ0) is 18.2. The maximum Gasteiger partial charge on any atom is 0.223 e. The van der Waals surface area contributed by atoms with E-state index in [1.165, 1.54) is 37.9 Å². The van der Waals surface area contributed by atoms with Crippen LogP contribution in [-0.2, 0) is 11.3 Å². The summed E-state index contributed by atoms with van der Waals surface area (Å²) < 4.78 is 0. The van der Waals surface area contributed by atoms with Crippen LogP contribution in [0.3, 0.4) is 0 Å². The van der Waals surface area contributed by atoms with Crippen molar-refractivity contribution in [2.45, 2.75) is 44.7 Å². The predicted octanol–water partition coefficient (Wildman–Crippen LogP) is 1.96. The van der Waals surface area contributed by atoms with Crippen molar-refractivity contribution >= 4 is 5.91 Å². The molecule has 1 atom stereocenters. The van der Waals surface area contributed by atoms with Gasteiger partial charge in [-0.3, -0.25) is 9.69 Å². The number of rotatable bonds is 7. The smallest absolute Gasteiger partial charge is 0.223 e. The topological polar surface area (TPSA) is 47.0 Å². The van der Waals surface area contributed by atoms with Crippen molar-refractivity contribution in [3.8, 4) is 0 Å². The Labute approximate surface area is 157 Å². The first-order valence-corrected chi connectivity index (χ1v) is 10.2. The molecule has 2 fully saturated rings. The van der Waals surface area contributed by atoms with Crippen LogP contribution in [-0.4, -0.2) is 77.6 Å². The number of likely N-dealkylation sites (tertiary alicyclic amines) is 1. The molecular formula is C21H33N3O2. The molecule has 1 amide bonds. The lowest BCUT2D eigenvalue weighted by Gasteiger charge is -2.41. The van der Waals surface area contributed by atoms with E-state index in [9.17, 15) is 9.90 Å². The molecular weight excluding hydrogens is 326 g/mol. The van der Waals surface area contributed by atoms with E-state index in [-0.39, 0.29) is 18.6 Å². The molecule has 1 unspecified atom stereocenters. The maximum atomic E-state index is 12.7. The number of hydrogen-bond donors (Lipinski definition) is 1. The van der Waals surface area contributed by atoms with Gasteiger partial charge in [-0.1, -0.05) is 36.8 Å². The predicted molar refractivity (Wildman–Crippen MR) is 104 cm³/mol. The number of carbonyl (C=O) groups excluding carboxylic acids is 1. The van der Waals surface area contributed by atoms with Crippen molar-refractivity contribution in [3.63, 3.8) is 0 Å². The zero-order valence-corrected chi connectivity index (χ0v) is 15.9. The average Bonchev–Trinajstić information content (AvgIpc) is 2.69. The van der Waals surface area contributed by atoms with Gasteiger partial charge in [0.05, 0.1) is 12.6 Å². The van der Waals surface area contributed by atoms with Gasteiger partial charge in [-0.15, -0.1) is 0 Å². The Morgan fingerprint density at radius 1 is 1.00 bits per heavy atom. The van der Waals surface area contributed by atoms with Gasteiger partial charge in [0, 0.05) is 32.6 Å². The first-order chi connectivity index (χ1) is 12.8. The molecule has 2 aliphatic heterocycles. The summed E-state index contributed by atoms with van der Waals surface area (Å²) in [6, 6.07) is 10.3. The quantitative estimate of drug-likeness (QED) is 0.808. The lowest BCUT2D eigenvalue weighted by molar-refractivity contribution is -0.137. The number of amides is 1. The Bertz CT molecular complexity index is 545. The van der Waals surface area contributed by atoms with Crippen molar-refractivity contribution in [2.75, 3.05) is 45.9 Å². The molecule has 144 valence electrons. The Morgan fingerprint density at radius 2 is 1.77 bits per heavy atom. The molecule has 0 saturated carbocycles. The monoisotopic (exact) mass is 359 g/mol. The lowest BCUT2D eigenvalue weighted by atomic mass is 10.1. The zero-order valence-electron chi connectivity index (χ0n) is 15.9. The summed E-state index contributed by atoms with van der Waals surface area (Å²) in [5.74, 6) is 0.209. The van der Waals surface area contributed by atoms with E-state index in [2.05, 4.69) is 34.1 Å². The number of benzene rings is 1. The highest BCUT2D eigenvalue weighted by molar-refractivity contribution is 5.76. The van der Waals surface area contributed by atoms with Crippen molar-refractivity contribution in [1.29, 1.82) is 0 Å². The van der Waals surface area contributed by atoms with Crippen LogP contribution in [0.1, 0.15) is 37.7 Å². The fourth-order valence-corrected chi connectivity index (χ4v) is 4.17. The van der Waals surface area contributed by atoms with E-state index in [1.807, 2.05) is 11.0 Å². The summed E-state index contributed by atoms with van der Waals surface area (Å²) in [5.41, 5.74) is 1.28. The van der Waals surface area contributed by atoms with Gasteiger partial charge in [0.15, 0.2) is 0 Å². The third kappa shape index (κ3) is 5.53.